The van der Waals surface area contributed by atoms with Crippen LogP contribution in [0, 0.1) is 5.41 Å². The molecule has 0 unspecified atom stereocenters. The smallest absolute Gasteiger partial charge is 0.231 e. The van der Waals surface area contributed by atoms with Crippen molar-refractivity contribution in [2.45, 2.75) is 25.1 Å². The Morgan fingerprint density at radius 2 is 2.07 bits per heavy atom. The third kappa shape index (κ3) is 2.95. The van der Waals surface area contributed by atoms with Gasteiger partial charge in [-0.15, -0.1) is 10.2 Å². The van der Waals surface area contributed by atoms with Crippen molar-refractivity contribution >= 4 is 34.1 Å². The van der Waals surface area contributed by atoms with E-state index in [-0.39, 0.29) is 5.91 Å². The van der Waals surface area contributed by atoms with Crippen LogP contribution in [0.3, 0.4) is 0 Å². The van der Waals surface area contributed by atoms with Crippen molar-refractivity contribution in [2.24, 2.45) is 5.41 Å². The van der Waals surface area contributed by atoms with Gasteiger partial charge in [-0.25, -0.2) is 0 Å². The fourth-order valence-electron chi connectivity index (χ4n) is 0.627. The van der Waals surface area contributed by atoms with Gasteiger partial charge in [-0.1, -0.05) is 43.9 Å². The summed E-state index contributed by atoms with van der Waals surface area (Å²) in [5, 5.41) is 11.0. The first kappa shape index (κ1) is 11.5. The summed E-state index contributed by atoms with van der Waals surface area (Å²) in [6, 6.07) is 0. The highest BCUT2D eigenvalue weighted by Crippen LogP contribution is 2.24. The Balaban J connectivity index is 2.65. The van der Waals surface area contributed by atoms with Gasteiger partial charge in [0.2, 0.25) is 11.0 Å². The Labute approximate surface area is 91.5 Å². The molecule has 0 atom stereocenters. The summed E-state index contributed by atoms with van der Waals surface area (Å²) < 4.78 is 0.856. The molecule has 0 radical (unpaired) electrons. The number of aromatic nitrogens is 2. The van der Waals surface area contributed by atoms with Crippen LogP contribution in [0.4, 0.5) is 5.13 Å². The number of amides is 1. The van der Waals surface area contributed by atoms with Crippen LogP contribution < -0.4 is 5.32 Å². The van der Waals surface area contributed by atoms with Crippen LogP contribution in [0.2, 0.25) is 0 Å². The van der Waals surface area contributed by atoms with Gasteiger partial charge in [-0.3, -0.25) is 4.79 Å². The number of thioether (sulfide) groups is 1. The van der Waals surface area contributed by atoms with E-state index in [1.165, 1.54) is 23.1 Å². The largest absolute Gasteiger partial charge is 0.300 e. The van der Waals surface area contributed by atoms with Crippen molar-refractivity contribution in [1.82, 2.24) is 10.2 Å². The number of hydrogen-bond donors (Lipinski definition) is 1. The number of nitrogens with one attached hydrogen (secondary N) is 1. The SMILES string of the molecule is CSc1nnc(NC(=O)C(C)(C)C)s1. The quantitative estimate of drug-likeness (QED) is 0.626. The van der Waals surface area contributed by atoms with Gasteiger partial charge in [-0.05, 0) is 6.26 Å². The van der Waals surface area contributed by atoms with Gasteiger partial charge in [-0.2, -0.15) is 0 Å². The summed E-state index contributed by atoms with van der Waals surface area (Å²) in [6.07, 6.45) is 1.93. The fourth-order valence-corrected chi connectivity index (χ4v) is 1.79. The zero-order valence-corrected chi connectivity index (χ0v) is 10.3. The van der Waals surface area contributed by atoms with Gasteiger partial charge in [0.05, 0.1) is 0 Å². The van der Waals surface area contributed by atoms with E-state index in [1.54, 1.807) is 0 Å². The maximum atomic E-state index is 11.6. The van der Waals surface area contributed by atoms with Crippen molar-refractivity contribution in [1.29, 1.82) is 0 Å². The van der Waals surface area contributed by atoms with E-state index in [2.05, 4.69) is 15.5 Å². The van der Waals surface area contributed by atoms with Crippen molar-refractivity contribution in [3.05, 3.63) is 0 Å². The third-order valence-electron chi connectivity index (χ3n) is 1.48. The molecule has 0 spiro atoms. The molecule has 0 aromatic carbocycles. The molecule has 0 aliphatic rings. The predicted octanol–water partition coefficient (Wildman–Crippen LogP) is 2.24. The Kier molecular flexibility index (Phi) is 3.49. The zero-order chi connectivity index (χ0) is 10.8. The lowest BCUT2D eigenvalue weighted by Crippen LogP contribution is -2.27. The van der Waals surface area contributed by atoms with E-state index in [0.717, 1.165) is 4.34 Å². The van der Waals surface area contributed by atoms with Gasteiger partial charge >= 0.3 is 0 Å². The van der Waals surface area contributed by atoms with E-state index >= 15 is 0 Å². The molecule has 1 amide bonds. The van der Waals surface area contributed by atoms with Crippen molar-refractivity contribution in [2.75, 3.05) is 11.6 Å². The summed E-state index contributed by atoms with van der Waals surface area (Å²) in [7, 11) is 0. The third-order valence-corrected chi connectivity index (χ3v) is 3.30. The molecule has 4 nitrogen and oxygen atoms in total. The van der Waals surface area contributed by atoms with Crippen molar-refractivity contribution in [3.63, 3.8) is 0 Å². The van der Waals surface area contributed by atoms with Gasteiger partial charge < -0.3 is 5.32 Å². The minimum absolute atomic E-state index is 0.0405. The molecule has 0 saturated heterocycles. The number of carbonyl (C=O) groups excluding carboxylic acids is 1. The minimum Gasteiger partial charge on any atom is -0.300 e. The van der Waals surface area contributed by atoms with Gasteiger partial charge in [0, 0.05) is 5.41 Å². The molecule has 0 saturated carbocycles. The second-order valence-electron chi connectivity index (χ2n) is 3.78. The molecular formula is C8H13N3OS2. The molecule has 0 fully saturated rings. The number of anilines is 1. The highest BCUT2D eigenvalue weighted by Gasteiger charge is 2.22. The summed E-state index contributed by atoms with van der Waals surface area (Å²) in [4.78, 5) is 11.6. The molecule has 0 aliphatic heterocycles. The zero-order valence-electron chi connectivity index (χ0n) is 8.62. The Bertz CT molecular complexity index is 330. The molecule has 0 bridgehead atoms. The van der Waals surface area contributed by atoms with Gasteiger partial charge in [0.15, 0.2) is 4.34 Å². The first-order chi connectivity index (χ1) is 6.43. The van der Waals surface area contributed by atoms with E-state index in [0.29, 0.717) is 5.13 Å². The van der Waals surface area contributed by atoms with E-state index in [1.807, 2.05) is 27.0 Å². The Hall–Kier alpha value is -0.620. The average Bonchev–Trinajstić information content (AvgIpc) is 2.50. The normalized spacial score (nSPS) is 11.4. The van der Waals surface area contributed by atoms with Crippen LogP contribution in [0.5, 0.6) is 0 Å². The van der Waals surface area contributed by atoms with Gasteiger partial charge in [0.25, 0.3) is 0 Å². The monoisotopic (exact) mass is 231 g/mol. The van der Waals surface area contributed by atoms with E-state index < -0.39 is 5.41 Å². The maximum Gasteiger partial charge on any atom is 0.231 e. The molecule has 78 valence electrons. The van der Waals surface area contributed by atoms with Crippen LogP contribution in [-0.4, -0.2) is 22.4 Å². The number of nitrogens with zero attached hydrogens (tertiary/aromatic N) is 2. The predicted molar refractivity (Wildman–Crippen MR) is 59.8 cm³/mol. The van der Waals surface area contributed by atoms with Crippen LogP contribution >= 0.6 is 23.1 Å². The summed E-state index contributed by atoms with van der Waals surface area (Å²) >= 11 is 2.90. The summed E-state index contributed by atoms with van der Waals surface area (Å²) in [5.41, 5.74) is -0.398. The lowest BCUT2D eigenvalue weighted by Gasteiger charge is -2.15. The van der Waals surface area contributed by atoms with Crippen LogP contribution in [0.15, 0.2) is 4.34 Å². The number of hydrogen-bond acceptors (Lipinski definition) is 5. The molecule has 1 rings (SSSR count). The van der Waals surface area contributed by atoms with Crippen LogP contribution in [0.25, 0.3) is 0 Å². The first-order valence-corrected chi connectivity index (χ1v) is 6.16. The summed E-state index contributed by atoms with van der Waals surface area (Å²) in [6.45, 7) is 5.58. The fraction of sp³-hybridized carbons (Fsp3) is 0.625. The molecule has 6 heteroatoms. The summed E-state index contributed by atoms with van der Waals surface area (Å²) in [5.74, 6) is -0.0405. The Morgan fingerprint density at radius 1 is 1.43 bits per heavy atom. The average molecular weight is 231 g/mol. The maximum absolute atomic E-state index is 11.6. The molecule has 1 aromatic rings. The molecular weight excluding hydrogens is 218 g/mol. The first-order valence-electron chi connectivity index (χ1n) is 4.12. The van der Waals surface area contributed by atoms with E-state index in [4.69, 9.17) is 0 Å². The minimum atomic E-state index is -0.398. The lowest BCUT2D eigenvalue weighted by atomic mass is 9.96. The molecule has 0 aliphatic carbocycles. The Morgan fingerprint density at radius 3 is 2.50 bits per heavy atom. The second kappa shape index (κ2) is 4.27. The number of rotatable bonds is 2. The van der Waals surface area contributed by atoms with Crippen molar-refractivity contribution < 1.29 is 4.79 Å². The highest BCUT2D eigenvalue weighted by molar-refractivity contribution is 8.00. The van der Waals surface area contributed by atoms with Gasteiger partial charge in [0.1, 0.15) is 0 Å². The van der Waals surface area contributed by atoms with E-state index in [9.17, 15) is 4.79 Å². The van der Waals surface area contributed by atoms with Crippen LogP contribution in [-0.2, 0) is 4.79 Å². The second-order valence-corrected chi connectivity index (χ2v) is 5.81. The standard InChI is InChI=1S/C8H13N3OS2/c1-8(2,3)5(12)9-6-10-11-7(13-4)14-6/h1-4H3,(H,9,10,12). The molecule has 14 heavy (non-hydrogen) atoms. The molecule has 1 aromatic heterocycles. The molecule has 1 N–H and O–H groups in total. The van der Waals surface area contributed by atoms with Crippen molar-refractivity contribution in [3.8, 4) is 0 Å². The lowest BCUT2D eigenvalue weighted by molar-refractivity contribution is -0.123. The topological polar surface area (TPSA) is 54.9 Å². The highest BCUT2D eigenvalue weighted by atomic mass is 32.2. The molecule has 1 heterocycles. The van der Waals surface area contributed by atoms with Crippen LogP contribution in [0.1, 0.15) is 20.8 Å². The number of carbonyl (C=O) groups is 1.